The summed E-state index contributed by atoms with van der Waals surface area (Å²) in [4.78, 5) is 13.5. The minimum atomic E-state index is -0.102. The van der Waals surface area contributed by atoms with Gasteiger partial charge in [-0.25, -0.2) is 0 Å². The second kappa shape index (κ2) is 7.93. The van der Waals surface area contributed by atoms with Crippen LogP contribution in [0.2, 0.25) is 0 Å². The van der Waals surface area contributed by atoms with Crippen molar-refractivity contribution in [1.29, 1.82) is 0 Å². The van der Waals surface area contributed by atoms with Crippen LogP contribution in [0.25, 0.3) is 6.08 Å². The number of carbonyl (C=O) groups excluding carboxylic acids is 1. The van der Waals surface area contributed by atoms with Crippen LogP contribution in [0.5, 0.6) is 11.5 Å². The lowest BCUT2D eigenvalue weighted by Gasteiger charge is -2.15. The molecule has 0 aliphatic rings. The van der Waals surface area contributed by atoms with Gasteiger partial charge in [0, 0.05) is 13.1 Å². The van der Waals surface area contributed by atoms with Gasteiger partial charge in [0.2, 0.25) is 5.91 Å². The molecule has 1 heterocycles. The van der Waals surface area contributed by atoms with E-state index in [4.69, 9.17) is 13.9 Å². The zero-order chi connectivity index (χ0) is 15.8. The van der Waals surface area contributed by atoms with Crippen molar-refractivity contribution in [2.24, 2.45) is 0 Å². The van der Waals surface area contributed by atoms with Gasteiger partial charge in [-0.15, -0.1) is 0 Å². The average molecular weight is 301 g/mol. The molecule has 0 aliphatic heterocycles. The minimum Gasteiger partial charge on any atom is -0.497 e. The molecule has 0 spiro atoms. The van der Waals surface area contributed by atoms with E-state index in [1.54, 1.807) is 43.5 Å². The van der Waals surface area contributed by atoms with E-state index in [0.717, 1.165) is 11.5 Å². The molecular formula is C17H19NO4. The lowest BCUT2D eigenvalue weighted by molar-refractivity contribution is -0.125. The summed E-state index contributed by atoms with van der Waals surface area (Å²) < 4.78 is 15.8. The Kier molecular flexibility index (Phi) is 5.65. The molecule has 5 heteroatoms. The van der Waals surface area contributed by atoms with Crippen LogP contribution in [0.1, 0.15) is 5.76 Å². The van der Waals surface area contributed by atoms with Gasteiger partial charge in [-0.2, -0.15) is 0 Å². The number of rotatable bonds is 7. The van der Waals surface area contributed by atoms with Crippen LogP contribution in [-0.4, -0.2) is 38.1 Å². The summed E-state index contributed by atoms with van der Waals surface area (Å²) in [5.74, 6) is 2.07. The van der Waals surface area contributed by atoms with Crippen molar-refractivity contribution in [3.63, 3.8) is 0 Å². The van der Waals surface area contributed by atoms with Gasteiger partial charge in [0.15, 0.2) is 0 Å². The lowest BCUT2D eigenvalue weighted by Crippen LogP contribution is -2.29. The predicted octanol–water partition coefficient (Wildman–Crippen LogP) is 2.84. The van der Waals surface area contributed by atoms with Gasteiger partial charge in [-0.05, 0) is 42.5 Å². The zero-order valence-corrected chi connectivity index (χ0v) is 12.7. The van der Waals surface area contributed by atoms with Gasteiger partial charge in [0.25, 0.3) is 0 Å². The highest BCUT2D eigenvalue weighted by Crippen LogP contribution is 2.16. The molecule has 0 unspecified atom stereocenters. The van der Waals surface area contributed by atoms with Gasteiger partial charge >= 0.3 is 0 Å². The maximum absolute atomic E-state index is 11.9. The number of ether oxygens (including phenoxy) is 2. The van der Waals surface area contributed by atoms with Crippen LogP contribution >= 0.6 is 0 Å². The molecule has 5 nitrogen and oxygen atoms in total. The van der Waals surface area contributed by atoms with Gasteiger partial charge in [0.1, 0.15) is 23.9 Å². The number of benzene rings is 1. The Labute approximate surface area is 129 Å². The number of furan rings is 1. The Morgan fingerprint density at radius 2 is 1.95 bits per heavy atom. The first-order chi connectivity index (χ1) is 10.7. The number of amides is 1. The third-order valence-corrected chi connectivity index (χ3v) is 3.06. The summed E-state index contributed by atoms with van der Waals surface area (Å²) in [6, 6.07) is 10.9. The lowest BCUT2D eigenvalue weighted by atomic mass is 10.3. The molecule has 1 aromatic heterocycles. The van der Waals surface area contributed by atoms with E-state index in [1.807, 2.05) is 24.3 Å². The summed E-state index contributed by atoms with van der Waals surface area (Å²) >= 11 is 0. The maximum Gasteiger partial charge on any atom is 0.246 e. The molecule has 0 fully saturated rings. The standard InChI is InChI=1S/C17H19NO4/c1-18(17(19)10-9-15-4-3-12-21-15)11-13-22-16-7-5-14(20-2)6-8-16/h3-10,12H,11,13H2,1-2H3/b10-9+. The second-order valence-corrected chi connectivity index (χ2v) is 4.63. The molecule has 0 saturated heterocycles. The molecule has 1 amide bonds. The van der Waals surface area contributed by atoms with Gasteiger partial charge < -0.3 is 18.8 Å². The van der Waals surface area contributed by atoms with Gasteiger partial charge in [0.05, 0.1) is 19.9 Å². The second-order valence-electron chi connectivity index (χ2n) is 4.63. The fourth-order valence-corrected chi connectivity index (χ4v) is 1.75. The van der Waals surface area contributed by atoms with Crippen LogP contribution in [0.3, 0.4) is 0 Å². The topological polar surface area (TPSA) is 51.9 Å². The number of hydrogen-bond donors (Lipinski definition) is 0. The first kappa shape index (κ1) is 15.7. The van der Waals surface area contributed by atoms with Crippen molar-refractivity contribution < 1.29 is 18.7 Å². The highest BCUT2D eigenvalue weighted by Gasteiger charge is 2.05. The highest BCUT2D eigenvalue weighted by atomic mass is 16.5. The van der Waals surface area contributed by atoms with Crippen LogP contribution in [-0.2, 0) is 4.79 Å². The van der Waals surface area contributed by atoms with Gasteiger partial charge in [-0.1, -0.05) is 0 Å². The third kappa shape index (κ3) is 4.70. The number of carbonyl (C=O) groups is 1. The number of hydrogen-bond acceptors (Lipinski definition) is 4. The molecule has 0 aliphatic carbocycles. The normalized spacial score (nSPS) is 10.6. The Balaban J connectivity index is 1.74. The largest absolute Gasteiger partial charge is 0.497 e. The predicted molar refractivity (Wildman–Crippen MR) is 83.9 cm³/mol. The van der Waals surface area contributed by atoms with E-state index < -0.39 is 0 Å². The van der Waals surface area contributed by atoms with E-state index >= 15 is 0 Å². The van der Waals surface area contributed by atoms with E-state index in [0.29, 0.717) is 18.9 Å². The first-order valence-corrected chi connectivity index (χ1v) is 6.92. The molecule has 0 saturated carbocycles. The SMILES string of the molecule is COc1ccc(OCCN(C)C(=O)/C=C/c2ccco2)cc1. The third-order valence-electron chi connectivity index (χ3n) is 3.06. The van der Waals surface area contributed by atoms with Crippen molar-refractivity contribution in [2.75, 3.05) is 27.3 Å². The zero-order valence-electron chi connectivity index (χ0n) is 12.7. The van der Waals surface area contributed by atoms with Crippen molar-refractivity contribution >= 4 is 12.0 Å². The highest BCUT2D eigenvalue weighted by molar-refractivity contribution is 5.91. The van der Waals surface area contributed by atoms with E-state index in [9.17, 15) is 4.79 Å². The van der Waals surface area contributed by atoms with E-state index in [2.05, 4.69) is 0 Å². The summed E-state index contributed by atoms with van der Waals surface area (Å²) in [5.41, 5.74) is 0. The van der Waals surface area contributed by atoms with Crippen LogP contribution in [0.4, 0.5) is 0 Å². The van der Waals surface area contributed by atoms with Crippen LogP contribution < -0.4 is 9.47 Å². The average Bonchev–Trinajstić information content (AvgIpc) is 3.06. The summed E-state index contributed by atoms with van der Waals surface area (Å²) in [5, 5.41) is 0. The summed E-state index contributed by atoms with van der Waals surface area (Å²) in [6.07, 6.45) is 4.69. The summed E-state index contributed by atoms with van der Waals surface area (Å²) in [7, 11) is 3.35. The quantitative estimate of drug-likeness (QED) is 0.738. The van der Waals surface area contributed by atoms with Crippen LogP contribution in [0, 0.1) is 0 Å². The Bertz CT molecular complexity index is 602. The molecule has 2 aromatic rings. The fraction of sp³-hybridized carbons (Fsp3) is 0.235. The molecular weight excluding hydrogens is 282 g/mol. The molecule has 0 bridgehead atoms. The smallest absolute Gasteiger partial charge is 0.246 e. The Morgan fingerprint density at radius 1 is 1.23 bits per heavy atom. The molecule has 2 rings (SSSR count). The van der Waals surface area contributed by atoms with E-state index in [1.165, 1.54) is 6.08 Å². The number of nitrogens with zero attached hydrogens (tertiary/aromatic N) is 1. The molecule has 0 radical (unpaired) electrons. The molecule has 0 atom stereocenters. The Hall–Kier alpha value is -2.69. The molecule has 22 heavy (non-hydrogen) atoms. The fourth-order valence-electron chi connectivity index (χ4n) is 1.75. The minimum absolute atomic E-state index is 0.102. The van der Waals surface area contributed by atoms with E-state index in [-0.39, 0.29) is 5.91 Å². The first-order valence-electron chi connectivity index (χ1n) is 6.92. The Morgan fingerprint density at radius 3 is 2.59 bits per heavy atom. The summed E-state index contributed by atoms with van der Waals surface area (Å²) in [6.45, 7) is 0.913. The van der Waals surface area contributed by atoms with Crippen molar-refractivity contribution in [3.8, 4) is 11.5 Å². The van der Waals surface area contributed by atoms with Crippen molar-refractivity contribution in [1.82, 2.24) is 4.90 Å². The van der Waals surface area contributed by atoms with Crippen molar-refractivity contribution in [2.45, 2.75) is 0 Å². The molecule has 116 valence electrons. The van der Waals surface area contributed by atoms with Crippen molar-refractivity contribution in [3.05, 3.63) is 54.5 Å². The monoisotopic (exact) mass is 301 g/mol. The molecule has 0 N–H and O–H groups in total. The molecule has 1 aromatic carbocycles. The van der Waals surface area contributed by atoms with Gasteiger partial charge in [-0.3, -0.25) is 4.79 Å². The number of methoxy groups -OCH3 is 1. The number of likely N-dealkylation sites (N-methyl/N-ethyl adjacent to an activating group) is 1. The van der Waals surface area contributed by atoms with Crippen LogP contribution in [0.15, 0.2) is 53.2 Å². The maximum atomic E-state index is 11.9.